The van der Waals surface area contributed by atoms with E-state index < -0.39 is 0 Å². The van der Waals surface area contributed by atoms with Crippen LogP contribution in [0.2, 0.25) is 0 Å². The number of hydrogen-bond acceptors (Lipinski definition) is 4. The molecular weight excluding hydrogens is 236 g/mol. The lowest BCUT2D eigenvalue weighted by molar-refractivity contribution is -0.119. The molecule has 0 fully saturated rings. The highest BCUT2D eigenvalue weighted by Crippen LogP contribution is 2.17. The lowest BCUT2D eigenvalue weighted by atomic mass is 10.1. The molecule has 18 heavy (non-hydrogen) atoms. The quantitative estimate of drug-likeness (QED) is 0.749. The Hall–Kier alpha value is -2.50. The van der Waals surface area contributed by atoms with Crippen molar-refractivity contribution in [3.8, 4) is 0 Å². The van der Waals surface area contributed by atoms with E-state index in [2.05, 4.69) is 9.98 Å². The van der Waals surface area contributed by atoms with Gasteiger partial charge >= 0.3 is 0 Å². The summed E-state index contributed by atoms with van der Waals surface area (Å²) in [6.45, 7) is -0.119. The number of amides is 2. The van der Waals surface area contributed by atoms with Gasteiger partial charge in [0.2, 0.25) is 11.8 Å². The minimum absolute atomic E-state index is 0.0596. The lowest BCUT2D eigenvalue weighted by Gasteiger charge is -2.07. The second-order valence-corrected chi connectivity index (χ2v) is 3.74. The highest BCUT2D eigenvalue weighted by molar-refractivity contribution is 6.15. The van der Waals surface area contributed by atoms with Crippen LogP contribution in [0.4, 0.5) is 0 Å². The maximum atomic E-state index is 11.1. The van der Waals surface area contributed by atoms with Crippen LogP contribution in [0.3, 0.4) is 0 Å². The van der Waals surface area contributed by atoms with E-state index >= 15 is 0 Å². The largest absolute Gasteiger partial charge is 0.467 e. The topological polar surface area (TPSA) is 77.3 Å². The van der Waals surface area contributed by atoms with Gasteiger partial charge in [-0.15, -0.1) is 0 Å². The normalized spacial score (nSPS) is 18.2. The van der Waals surface area contributed by atoms with Crippen molar-refractivity contribution in [2.75, 3.05) is 13.2 Å². The van der Waals surface area contributed by atoms with Gasteiger partial charge in [-0.2, -0.15) is 9.98 Å². The first-order valence-electron chi connectivity index (χ1n) is 5.32. The molecule has 0 radical (unpaired) electrons. The maximum absolute atomic E-state index is 11.1. The van der Waals surface area contributed by atoms with Crippen molar-refractivity contribution >= 4 is 23.6 Å². The number of ether oxygens (including phenoxy) is 2. The van der Waals surface area contributed by atoms with Gasteiger partial charge in [-0.1, -0.05) is 12.1 Å². The molecule has 3 rings (SSSR count). The molecule has 6 nitrogen and oxygen atoms in total. The average molecular weight is 244 g/mol. The highest BCUT2D eigenvalue weighted by Gasteiger charge is 2.25. The monoisotopic (exact) mass is 244 g/mol. The molecule has 2 amide bonds. The number of hydrogen-bond donors (Lipinski definition) is 0. The van der Waals surface area contributed by atoms with Gasteiger partial charge in [0, 0.05) is 11.1 Å². The Kier molecular flexibility index (Phi) is 2.40. The molecule has 2 heterocycles. The molecule has 0 saturated carbocycles. The third-order valence-electron chi connectivity index (χ3n) is 2.51. The first-order valence-corrected chi connectivity index (χ1v) is 5.32. The van der Waals surface area contributed by atoms with E-state index in [1.807, 2.05) is 0 Å². The van der Waals surface area contributed by atoms with Crippen LogP contribution in [0.25, 0.3) is 0 Å². The van der Waals surface area contributed by atoms with E-state index in [1.54, 1.807) is 24.3 Å². The molecular formula is C12H8N2O4. The van der Waals surface area contributed by atoms with Crippen LogP contribution < -0.4 is 0 Å². The van der Waals surface area contributed by atoms with E-state index in [-0.39, 0.29) is 36.8 Å². The fourth-order valence-corrected chi connectivity index (χ4v) is 1.75. The number of aliphatic imine (C=N–C) groups is 2. The molecule has 0 N–H and O–H groups in total. The number of nitrogens with zero attached hydrogens (tertiary/aromatic N) is 2. The standard InChI is InChI=1S/C12H8N2O4/c15-9-5-17-11(13-9)7-3-1-2-4-8(7)12-14-10(16)6-18-12/h1-4H,5-6H2. The fraction of sp³-hybridized carbons (Fsp3) is 0.167. The third-order valence-corrected chi connectivity index (χ3v) is 2.51. The molecule has 2 aliphatic heterocycles. The Morgan fingerprint density at radius 1 is 0.833 bits per heavy atom. The van der Waals surface area contributed by atoms with Gasteiger partial charge in [-0.3, -0.25) is 9.59 Å². The molecule has 0 bridgehead atoms. The fourth-order valence-electron chi connectivity index (χ4n) is 1.75. The predicted molar refractivity (Wildman–Crippen MR) is 61.4 cm³/mol. The van der Waals surface area contributed by atoms with Crippen LogP contribution in [-0.4, -0.2) is 36.8 Å². The molecule has 6 heteroatoms. The molecule has 1 aromatic rings. The highest BCUT2D eigenvalue weighted by atomic mass is 16.5. The first kappa shape index (κ1) is 10.6. The maximum Gasteiger partial charge on any atom is 0.286 e. The van der Waals surface area contributed by atoms with Gasteiger partial charge in [-0.25, -0.2) is 0 Å². The predicted octanol–water partition coefficient (Wildman–Crippen LogP) is 0.293. The summed E-state index contributed by atoms with van der Waals surface area (Å²) in [5.41, 5.74) is 1.19. The van der Waals surface area contributed by atoms with Crippen molar-refractivity contribution in [2.45, 2.75) is 0 Å². The Bertz CT molecular complexity index is 551. The number of carbonyl (C=O) groups excluding carboxylic acids is 2. The smallest absolute Gasteiger partial charge is 0.286 e. The molecule has 0 unspecified atom stereocenters. The first-order chi connectivity index (χ1) is 8.74. The number of carbonyl (C=O) groups is 2. The second-order valence-electron chi connectivity index (χ2n) is 3.74. The molecule has 0 saturated heterocycles. The summed E-state index contributed by atoms with van der Waals surface area (Å²) in [6.07, 6.45) is 0. The van der Waals surface area contributed by atoms with Crippen molar-refractivity contribution in [3.63, 3.8) is 0 Å². The van der Waals surface area contributed by atoms with Crippen LogP contribution in [0, 0.1) is 0 Å². The SMILES string of the molecule is O=C1COC(c2ccccc2C2=NC(=O)CO2)=N1. The van der Waals surface area contributed by atoms with Crippen LogP contribution >= 0.6 is 0 Å². The van der Waals surface area contributed by atoms with Crippen molar-refractivity contribution in [3.05, 3.63) is 35.4 Å². The van der Waals surface area contributed by atoms with Crippen molar-refractivity contribution < 1.29 is 19.1 Å². The van der Waals surface area contributed by atoms with Crippen molar-refractivity contribution in [1.82, 2.24) is 0 Å². The number of rotatable bonds is 2. The van der Waals surface area contributed by atoms with E-state index in [1.165, 1.54) is 0 Å². The minimum atomic E-state index is -0.329. The van der Waals surface area contributed by atoms with Crippen LogP contribution in [0.5, 0.6) is 0 Å². The Morgan fingerprint density at radius 2 is 1.28 bits per heavy atom. The Labute approximate surface area is 102 Å². The summed E-state index contributed by atoms with van der Waals surface area (Å²) in [7, 11) is 0. The lowest BCUT2D eigenvalue weighted by Crippen LogP contribution is -2.11. The summed E-state index contributed by atoms with van der Waals surface area (Å²) in [5, 5.41) is 0. The molecule has 0 spiro atoms. The van der Waals surface area contributed by atoms with Gasteiger partial charge in [0.05, 0.1) is 0 Å². The van der Waals surface area contributed by atoms with E-state index in [0.29, 0.717) is 11.1 Å². The Balaban J connectivity index is 2.06. The van der Waals surface area contributed by atoms with E-state index in [9.17, 15) is 9.59 Å². The third kappa shape index (κ3) is 1.77. The molecule has 2 aliphatic rings. The summed E-state index contributed by atoms with van der Waals surface area (Å²) in [5.74, 6) is -0.183. The summed E-state index contributed by atoms with van der Waals surface area (Å²) in [6, 6.07) is 7.04. The van der Waals surface area contributed by atoms with Crippen LogP contribution in [-0.2, 0) is 19.1 Å². The van der Waals surface area contributed by atoms with Gasteiger partial charge in [0.1, 0.15) is 0 Å². The minimum Gasteiger partial charge on any atom is -0.467 e. The van der Waals surface area contributed by atoms with E-state index in [0.717, 1.165) is 0 Å². The van der Waals surface area contributed by atoms with E-state index in [4.69, 9.17) is 9.47 Å². The zero-order valence-corrected chi connectivity index (χ0v) is 9.25. The summed E-state index contributed by atoms with van der Waals surface area (Å²) >= 11 is 0. The van der Waals surface area contributed by atoms with Gasteiger partial charge in [-0.05, 0) is 12.1 Å². The zero-order chi connectivity index (χ0) is 12.5. The van der Waals surface area contributed by atoms with Gasteiger partial charge < -0.3 is 9.47 Å². The summed E-state index contributed by atoms with van der Waals surface area (Å²) in [4.78, 5) is 29.7. The van der Waals surface area contributed by atoms with Gasteiger partial charge in [0.15, 0.2) is 13.2 Å². The Morgan fingerprint density at radius 3 is 1.61 bits per heavy atom. The second kappa shape index (κ2) is 4.06. The van der Waals surface area contributed by atoms with Crippen molar-refractivity contribution in [2.24, 2.45) is 9.98 Å². The molecule has 0 aromatic heterocycles. The molecule has 0 aliphatic carbocycles. The van der Waals surface area contributed by atoms with Crippen molar-refractivity contribution in [1.29, 1.82) is 0 Å². The van der Waals surface area contributed by atoms with Crippen LogP contribution in [0.15, 0.2) is 34.3 Å². The van der Waals surface area contributed by atoms with Gasteiger partial charge in [0.25, 0.3) is 11.8 Å². The molecule has 0 atom stereocenters. The number of benzene rings is 1. The zero-order valence-electron chi connectivity index (χ0n) is 9.25. The van der Waals surface area contributed by atoms with Crippen LogP contribution in [0.1, 0.15) is 11.1 Å². The molecule has 90 valence electrons. The summed E-state index contributed by atoms with van der Waals surface area (Å²) < 4.78 is 10.4. The average Bonchev–Trinajstić information content (AvgIpc) is 2.98. The molecule has 1 aromatic carbocycles.